The lowest BCUT2D eigenvalue weighted by Crippen LogP contribution is -2.14. The van der Waals surface area contributed by atoms with E-state index in [0.29, 0.717) is 18.3 Å². The van der Waals surface area contributed by atoms with E-state index in [2.05, 4.69) is 19.7 Å². The molecule has 0 aromatic carbocycles. The molecule has 0 bridgehead atoms. The second-order valence-corrected chi connectivity index (χ2v) is 5.92. The van der Waals surface area contributed by atoms with Crippen LogP contribution in [0.2, 0.25) is 0 Å². The van der Waals surface area contributed by atoms with Crippen LogP contribution in [-0.2, 0) is 6.42 Å². The van der Waals surface area contributed by atoms with E-state index in [1.165, 1.54) is 32.1 Å². The van der Waals surface area contributed by atoms with Crippen LogP contribution >= 0.6 is 0 Å². The van der Waals surface area contributed by atoms with Crippen molar-refractivity contribution in [2.45, 2.75) is 57.6 Å². The van der Waals surface area contributed by atoms with Gasteiger partial charge in [-0.3, -0.25) is 4.68 Å². The molecule has 112 valence electrons. The smallest absolute Gasteiger partial charge is 0.157 e. The van der Waals surface area contributed by atoms with Gasteiger partial charge in [0.05, 0.1) is 11.7 Å². The minimum Gasteiger partial charge on any atom is -0.385 e. The molecule has 0 spiro atoms. The number of hydrogen-bond acceptors (Lipinski definition) is 4. The van der Waals surface area contributed by atoms with Gasteiger partial charge in [-0.1, -0.05) is 19.3 Å². The van der Waals surface area contributed by atoms with Crippen LogP contribution in [0.3, 0.4) is 0 Å². The Kier molecular flexibility index (Phi) is 4.29. The Bertz CT molecular complexity index is 572. The molecule has 21 heavy (non-hydrogen) atoms. The van der Waals surface area contributed by atoms with E-state index in [1.807, 2.05) is 19.2 Å². The molecule has 0 saturated heterocycles. The van der Waals surface area contributed by atoms with Gasteiger partial charge in [-0.15, -0.1) is 0 Å². The Morgan fingerprint density at radius 2 is 1.95 bits per heavy atom. The zero-order valence-electron chi connectivity index (χ0n) is 12.4. The number of rotatable bonds is 4. The van der Waals surface area contributed by atoms with Gasteiger partial charge in [-0.25, -0.2) is 9.97 Å². The van der Waals surface area contributed by atoms with Crippen LogP contribution in [0, 0.1) is 6.92 Å². The topological polar surface area (TPSA) is 63.8 Å². The standard InChI is InChI=1S/C16H22N4O/c1-12-10-17-16(18-11-12)15(21)9-13-7-8-20(19-13)14-5-3-2-4-6-14/h7-8,10-11,14-15,21H,2-6,9H2,1H3. The summed E-state index contributed by atoms with van der Waals surface area (Å²) in [5, 5.41) is 14.8. The summed E-state index contributed by atoms with van der Waals surface area (Å²) >= 11 is 0. The summed E-state index contributed by atoms with van der Waals surface area (Å²) in [7, 11) is 0. The summed E-state index contributed by atoms with van der Waals surface area (Å²) in [6.45, 7) is 1.93. The highest BCUT2D eigenvalue weighted by Gasteiger charge is 2.18. The van der Waals surface area contributed by atoms with Gasteiger partial charge in [-0.05, 0) is 31.4 Å². The number of aryl methyl sites for hydroxylation is 1. The minimum absolute atomic E-state index is 0.461. The quantitative estimate of drug-likeness (QED) is 0.938. The van der Waals surface area contributed by atoms with Crippen LogP contribution < -0.4 is 0 Å². The molecule has 1 saturated carbocycles. The van der Waals surface area contributed by atoms with E-state index in [4.69, 9.17) is 0 Å². The van der Waals surface area contributed by atoms with E-state index in [9.17, 15) is 5.11 Å². The van der Waals surface area contributed by atoms with Crippen molar-refractivity contribution >= 4 is 0 Å². The molecule has 2 aromatic heterocycles. The lowest BCUT2D eigenvalue weighted by atomic mass is 9.96. The predicted molar refractivity (Wildman–Crippen MR) is 79.8 cm³/mol. The van der Waals surface area contributed by atoms with E-state index in [-0.39, 0.29) is 0 Å². The van der Waals surface area contributed by atoms with Gasteiger partial charge in [0, 0.05) is 25.0 Å². The Morgan fingerprint density at radius 3 is 2.67 bits per heavy atom. The van der Waals surface area contributed by atoms with Crippen LogP contribution in [0.4, 0.5) is 0 Å². The average molecular weight is 286 g/mol. The first-order chi connectivity index (χ1) is 10.2. The molecule has 1 atom stereocenters. The van der Waals surface area contributed by atoms with Crippen molar-refractivity contribution in [1.29, 1.82) is 0 Å². The second kappa shape index (κ2) is 6.35. The van der Waals surface area contributed by atoms with Crippen molar-refractivity contribution in [1.82, 2.24) is 19.7 Å². The van der Waals surface area contributed by atoms with Gasteiger partial charge in [0.15, 0.2) is 5.82 Å². The largest absolute Gasteiger partial charge is 0.385 e. The lowest BCUT2D eigenvalue weighted by Gasteiger charge is -2.21. The van der Waals surface area contributed by atoms with Crippen LogP contribution in [0.5, 0.6) is 0 Å². The fraction of sp³-hybridized carbons (Fsp3) is 0.562. The summed E-state index contributed by atoms with van der Waals surface area (Å²) in [6, 6.07) is 2.52. The van der Waals surface area contributed by atoms with E-state index in [0.717, 1.165) is 11.3 Å². The highest BCUT2D eigenvalue weighted by Crippen LogP contribution is 2.27. The molecule has 1 unspecified atom stereocenters. The Labute approximate surface area is 125 Å². The first-order valence-corrected chi connectivity index (χ1v) is 7.73. The molecule has 0 amide bonds. The summed E-state index contributed by atoms with van der Waals surface area (Å²) in [4.78, 5) is 8.35. The van der Waals surface area contributed by atoms with Crippen molar-refractivity contribution in [2.75, 3.05) is 0 Å². The van der Waals surface area contributed by atoms with Gasteiger partial charge < -0.3 is 5.11 Å². The number of aliphatic hydroxyl groups excluding tert-OH is 1. The number of aliphatic hydroxyl groups is 1. The molecule has 1 N–H and O–H groups in total. The number of nitrogens with zero attached hydrogens (tertiary/aromatic N) is 4. The molecule has 1 aliphatic carbocycles. The first-order valence-electron chi connectivity index (χ1n) is 7.73. The van der Waals surface area contributed by atoms with Gasteiger partial charge >= 0.3 is 0 Å². The molecule has 1 fully saturated rings. The fourth-order valence-electron chi connectivity index (χ4n) is 2.90. The Balaban J connectivity index is 1.64. The maximum atomic E-state index is 10.2. The third kappa shape index (κ3) is 3.47. The molecule has 5 nitrogen and oxygen atoms in total. The molecular formula is C16H22N4O. The molecule has 1 aliphatic rings. The van der Waals surface area contributed by atoms with E-state index in [1.54, 1.807) is 12.4 Å². The fourth-order valence-corrected chi connectivity index (χ4v) is 2.90. The van der Waals surface area contributed by atoms with Crippen LogP contribution in [0.1, 0.15) is 61.3 Å². The molecule has 2 heterocycles. The molecule has 3 rings (SSSR count). The van der Waals surface area contributed by atoms with Crippen LogP contribution in [-0.4, -0.2) is 24.9 Å². The van der Waals surface area contributed by atoms with Crippen LogP contribution in [0.25, 0.3) is 0 Å². The highest BCUT2D eigenvalue weighted by molar-refractivity contribution is 5.07. The highest BCUT2D eigenvalue weighted by atomic mass is 16.3. The van der Waals surface area contributed by atoms with Crippen LogP contribution in [0.15, 0.2) is 24.7 Å². The summed E-state index contributed by atoms with van der Waals surface area (Å²) in [6.07, 6.45) is 11.6. The summed E-state index contributed by atoms with van der Waals surface area (Å²) in [5.41, 5.74) is 1.89. The third-order valence-electron chi connectivity index (χ3n) is 4.11. The summed E-state index contributed by atoms with van der Waals surface area (Å²) < 4.78 is 2.07. The zero-order valence-corrected chi connectivity index (χ0v) is 12.4. The first kappa shape index (κ1) is 14.2. The minimum atomic E-state index is -0.694. The van der Waals surface area contributed by atoms with Crippen molar-refractivity contribution in [3.63, 3.8) is 0 Å². The Morgan fingerprint density at radius 1 is 1.24 bits per heavy atom. The Hall–Kier alpha value is -1.75. The average Bonchev–Trinajstić information content (AvgIpc) is 2.97. The van der Waals surface area contributed by atoms with Gasteiger partial charge in [0.2, 0.25) is 0 Å². The molecule has 0 radical (unpaired) electrons. The van der Waals surface area contributed by atoms with Gasteiger partial charge in [0.25, 0.3) is 0 Å². The van der Waals surface area contributed by atoms with Crippen molar-refractivity contribution in [3.8, 4) is 0 Å². The van der Waals surface area contributed by atoms with E-state index < -0.39 is 6.10 Å². The lowest BCUT2D eigenvalue weighted by molar-refractivity contribution is 0.166. The van der Waals surface area contributed by atoms with E-state index >= 15 is 0 Å². The van der Waals surface area contributed by atoms with Crippen molar-refractivity contribution in [3.05, 3.63) is 41.7 Å². The number of hydrogen-bond donors (Lipinski definition) is 1. The maximum absolute atomic E-state index is 10.2. The molecular weight excluding hydrogens is 264 g/mol. The normalized spacial score (nSPS) is 17.8. The van der Waals surface area contributed by atoms with Crippen molar-refractivity contribution < 1.29 is 5.11 Å². The third-order valence-corrected chi connectivity index (χ3v) is 4.11. The zero-order chi connectivity index (χ0) is 14.7. The maximum Gasteiger partial charge on any atom is 0.157 e. The number of aromatic nitrogens is 4. The SMILES string of the molecule is Cc1cnc(C(O)Cc2ccn(C3CCCCC3)n2)nc1. The molecule has 5 heteroatoms. The monoisotopic (exact) mass is 286 g/mol. The predicted octanol–water partition coefficient (Wildman–Crippen LogP) is 2.76. The van der Waals surface area contributed by atoms with Gasteiger partial charge in [0.1, 0.15) is 6.10 Å². The van der Waals surface area contributed by atoms with Gasteiger partial charge in [-0.2, -0.15) is 5.10 Å². The second-order valence-electron chi connectivity index (χ2n) is 5.92. The summed E-state index contributed by atoms with van der Waals surface area (Å²) in [5.74, 6) is 0.466. The molecule has 2 aromatic rings. The van der Waals surface area contributed by atoms with Crippen molar-refractivity contribution in [2.24, 2.45) is 0 Å². The molecule has 0 aliphatic heterocycles.